The fraction of sp³-hybridized carbons (Fsp3) is 0.769. The lowest BCUT2D eigenvalue weighted by atomic mass is 10.2. The van der Waals surface area contributed by atoms with Crippen molar-refractivity contribution in [1.29, 1.82) is 0 Å². The summed E-state index contributed by atoms with van der Waals surface area (Å²) < 4.78 is 26.6. The fourth-order valence-electron chi connectivity index (χ4n) is 2.12. The monoisotopic (exact) mass is 304 g/mol. The number of hydrogen-bond acceptors (Lipinski definition) is 4. The molecule has 1 aliphatic rings. The molecule has 0 aromatic rings. The number of rotatable bonds is 2. The summed E-state index contributed by atoms with van der Waals surface area (Å²) >= 11 is 0. The number of amidine groups is 1. The van der Waals surface area contributed by atoms with Gasteiger partial charge in [-0.15, -0.1) is 0 Å². The molecule has 0 spiro atoms. The van der Waals surface area contributed by atoms with Gasteiger partial charge in [-0.2, -0.15) is 4.31 Å². The summed E-state index contributed by atoms with van der Waals surface area (Å²) in [6.07, 6.45) is 1.45. The molecule has 6 nitrogen and oxygen atoms in total. The Labute approximate surface area is 123 Å². The van der Waals surface area contributed by atoms with Gasteiger partial charge >= 0.3 is 0 Å². The third-order valence-corrected chi connectivity index (χ3v) is 5.17. The van der Waals surface area contributed by atoms with Gasteiger partial charge in [-0.25, -0.2) is 8.42 Å². The summed E-state index contributed by atoms with van der Waals surface area (Å²) in [6, 6.07) is -0.0521. The molecule has 1 saturated heterocycles. The Hall–Kier alpha value is -0.920. The molecule has 7 heteroatoms. The van der Waals surface area contributed by atoms with Crippen LogP contribution < -0.4 is 0 Å². The summed E-state index contributed by atoms with van der Waals surface area (Å²) in [5.41, 5.74) is 0. The van der Waals surface area contributed by atoms with Crippen LogP contribution in [0.2, 0.25) is 0 Å². The van der Waals surface area contributed by atoms with Crippen LogP contribution in [-0.2, 0) is 10.0 Å². The number of piperazine rings is 1. The van der Waals surface area contributed by atoms with E-state index in [-0.39, 0.29) is 11.2 Å². The summed E-state index contributed by atoms with van der Waals surface area (Å²) in [7, 11) is 1.56. The summed E-state index contributed by atoms with van der Waals surface area (Å²) in [6.45, 7) is 11.4. The van der Waals surface area contributed by atoms with Crippen molar-refractivity contribution >= 4 is 15.2 Å². The fourth-order valence-corrected chi connectivity index (χ4v) is 3.86. The van der Waals surface area contributed by atoms with E-state index in [2.05, 4.69) is 16.5 Å². The van der Waals surface area contributed by atoms with Crippen LogP contribution in [0.3, 0.4) is 0 Å². The second-order valence-electron chi connectivity index (χ2n) is 4.53. The minimum Gasteiger partial charge on any atom is -0.326 e. The molecule has 1 fully saturated rings. The predicted octanol–water partition coefficient (Wildman–Crippen LogP) is 1.04. The van der Waals surface area contributed by atoms with Crippen LogP contribution in [-0.4, -0.2) is 74.5 Å². The van der Waals surface area contributed by atoms with Gasteiger partial charge in [0.05, 0.1) is 0 Å². The maximum Gasteiger partial charge on any atom is 0.276 e. The molecule has 0 aromatic heterocycles. The van der Waals surface area contributed by atoms with Crippen molar-refractivity contribution in [2.75, 3.05) is 40.8 Å². The van der Waals surface area contributed by atoms with Gasteiger partial charge in [-0.05, 0) is 20.2 Å². The smallest absolute Gasteiger partial charge is 0.276 e. The highest BCUT2D eigenvalue weighted by Gasteiger charge is 2.36. The quantitative estimate of drug-likeness (QED) is 0.565. The van der Waals surface area contributed by atoms with Crippen LogP contribution in [0.5, 0.6) is 0 Å². The van der Waals surface area contributed by atoms with Crippen LogP contribution in [0.25, 0.3) is 0 Å². The summed E-state index contributed by atoms with van der Waals surface area (Å²) in [4.78, 5) is 7.44. The van der Waals surface area contributed by atoms with E-state index in [0.717, 1.165) is 13.1 Å². The normalized spacial score (nSPS) is 21.9. The number of hydrogen-bond donors (Lipinski definition) is 0. The predicted molar refractivity (Wildman–Crippen MR) is 85.3 cm³/mol. The van der Waals surface area contributed by atoms with Crippen LogP contribution in [0.15, 0.2) is 17.8 Å². The SMILES string of the molecule is C=CN(C)C(=NC)S(=O)(=O)N1CCN(C)C[C@H]1C.CC. The molecule has 0 radical (unpaired) electrons. The summed E-state index contributed by atoms with van der Waals surface area (Å²) in [5.74, 6) is 0. The Balaban J connectivity index is 0.00000172. The van der Waals surface area contributed by atoms with Crippen molar-refractivity contribution in [2.45, 2.75) is 26.8 Å². The molecule has 118 valence electrons. The first-order valence-electron chi connectivity index (χ1n) is 6.87. The lowest BCUT2D eigenvalue weighted by Gasteiger charge is -2.37. The second kappa shape index (κ2) is 8.39. The summed E-state index contributed by atoms with van der Waals surface area (Å²) in [5, 5.41) is 0.0360. The van der Waals surface area contributed by atoms with Crippen molar-refractivity contribution in [3.05, 3.63) is 12.8 Å². The van der Waals surface area contributed by atoms with Crippen molar-refractivity contribution < 1.29 is 8.42 Å². The zero-order valence-electron chi connectivity index (χ0n) is 13.5. The minimum absolute atomic E-state index is 0.0360. The second-order valence-corrected chi connectivity index (χ2v) is 6.31. The number of nitrogens with zero attached hydrogens (tertiary/aromatic N) is 4. The van der Waals surface area contributed by atoms with Crippen LogP contribution in [0, 0.1) is 0 Å². The maximum absolute atomic E-state index is 12.5. The highest BCUT2D eigenvalue weighted by atomic mass is 32.2. The molecule has 0 aromatic carbocycles. The average Bonchev–Trinajstić information content (AvgIpc) is 2.40. The highest BCUT2D eigenvalue weighted by Crippen LogP contribution is 2.16. The lowest BCUT2D eigenvalue weighted by Crippen LogP contribution is -2.55. The zero-order chi connectivity index (χ0) is 15.9. The van der Waals surface area contributed by atoms with E-state index in [1.807, 2.05) is 27.8 Å². The van der Waals surface area contributed by atoms with Crippen LogP contribution in [0.4, 0.5) is 0 Å². The van der Waals surface area contributed by atoms with E-state index in [4.69, 9.17) is 0 Å². The van der Waals surface area contributed by atoms with Crippen molar-refractivity contribution in [3.63, 3.8) is 0 Å². The number of aliphatic imine (C=N–C) groups is 1. The molecule has 1 rings (SSSR count). The topological polar surface area (TPSA) is 56.2 Å². The first kappa shape index (κ1) is 19.1. The molecule has 1 heterocycles. The molecule has 0 amide bonds. The van der Waals surface area contributed by atoms with Crippen molar-refractivity contribution in [3.8, 4) is 0 Å². The molecular formula is C13H28N4O2S. The molecule has 1 aliphatic heterocycles. The van der Waals surface area contributed by atoms with Gasteiger partial charge in [0, 0.05) is 39.8 Å². The Morgan fingerprint density at radius 3 is 2.35 bits per heavy atom. The van der Waals surface area contributed by atoms with E-state index < -0.39 is 10.0 Å². The van der Waals surface area contributed by atoms with Gasteiger partial charge in [-0.1, -0.05) is 20.4 Å². The maximum atomic E-state index is 12.5. The Morgan fingerprint density at radius 1 is 1.40 bits per heavy atom. The minimum atomic E-state index is -3.55. The van der Waals surface area contributed by atoms with Gasteiger partial charge in [0.25, 0.3) is 10.0 Å². The van der Waals surface area contributed by atoms with Crippen molar-refractivity contribution in [1.82, 2.24) is 14.1 Å². The molecule has 0 aliphatic carbocycles. The standard InChI is InChI=1S/C11H22N4O2S.C2H6/c1-6-14(5)11(12-3)18(16,17)15-8-7-13(4)9-10(15)2;1-2/h6,10H,1,7-9H2,2-5H3;1-2H3/t10-;/m1./s1. The third kappa shape index (κ3) is 4.29. The van der Waals surface area contributed by atoms with Gasteiger partial charge in [0.15, 0.2) is 0 Å². The zero-order valence-corrected chi connectivity index (χ0v) is 14.3. The van der Waals surface area contributed by atoms with E-state index in [1.54, 1.807) is 7.05 Å². The first-order valence-corrected chi connectivity index (χ1v) is 8.31. The molecule has 0 bridgehead atoms. The Kier molecular flexibility index (Phi) is 8.00. The van der Waals surface area contributed by atoms with E-state index in [1.165, 1.54) is 22.5 Å². The van der Waals surface area contributed by atoms with Crippen LogP contribution in [0.1, 0.15) is 20.8 Å². The van der Waals surface area contributed by atoms with Gasteiger partial charge in [0.2, 0.25) is 5.17 Å². The number of likely N-dealkylation sites (N-methyl/N-ethyl adjacent to an activating group) is 1. The molecule has 0 saturated carbocycles. The van der Waals surface area contributed by atoms with Crippen molar-refractivity contribution in [2.24, 2.45) is 4.99 Å². The molecule has 0 N–H and O–H groups in total. The van der Waals surface area contributed by atoms with Crippen LogP contribution >= 0.6 is 0 Å². The van der Waals surface area contributed by atoms with Gasteiger partial charge < -0.3 is 9.80 Å². The third-order valence-electron chi connectivity index (χ3n) is 3.08. The molecule has 20 heavy (non-hydrogen) atoms. The van der Waals surface area contributed by atoms with Gasteiger partial charge in [0.1, 0.15) is 0 Å². The van der Waals surface area contributed by atoms with Gasteiger partial charge in [-0.3, -0.25) is 4.99 Å². The Morgan fingerprint density at radius 2 is 1.95 bits per heavy atom. The lowest BCUT2D eigenvalue weighted by molar-refractivity contribution is 0.172. The molecule has 1 atom stereocenters. The number of sulfonamides is 1. The van der Waals surface area contributed by atoms with E-state index >= 15 is 0 Å². The largest absolute Gasteiger partial charge is 0.326 e. The average molecular weight is 304 g/mol. The van der Waals surface area contributed by atoms with E-state index in [0.29, 0.717) is 6.54 Å². The van der Waals surface area contributed by atoms with E-state index in [9.17, 15) is 8.42 Å². The highest BCUT2D eigenvalue weighted by molar-refractivity contribution is 8.04. The Bertz CT molecular complexity index is 434. The molecule has 0 unspecified atom stereocenters. The molecular weight excluding hydrogens is 276 g/mol. The first-order chi connectivity index (χ1) is 9.34.